The van der Waals surface area contributed by atoms with Crippen molar-refractivity contribution in [3.8, 4) is 0 Å². The molecule has 0 fully saturated rings. The van der Waals surface area contributed by atoms with E-state index in [1.807, 2.05) is 63.5 Å². The Bertz CT molecular complexity index is 928. The minimum atomic E-state index is 0.0634. The highest BCUT2D eigenvalue weighted by Crippen LogP contribution is 2.33. The van der Waals surface area contributed by atoms with E-state index in [1.54, 1.807) is 16.7 Å². The number of aryl methyl sites for hydroxylation is 1. The third kappa shape index (κ3) is 5.23. The summed E-state index contributed by atoms with van der Waals surface area (Å²) in [6.45, 7) is 3.38. The molecule has 3 rings (SSSR count). The molecule has 0 radical (unpaired) electrons. The predicted octanol–water partition coefficient (Wildman–Crippen LogP) is 4.95. The van der Waals surface area contributed by atoms with Gasteiger partial charge in [-0.05, 0) is 50.8 Å². The summed E-state index contributed by atoms with van der Waals surface area (Å²) in [5.41, 5.74) is 1.94. The Labute approximate surface area is 173 Å². The molecule has 142 valence electrons. The monoisotopic (exact) mass is 419 g/mol. The van der Waals surface area contributed by atoms with E-state index in [4.69, 9.17) is 16.6 Å². The summed E-state index contributed by atoms with van der Waals surface area (Å²) in [5.74, 6) is 0.445. The van der Waals surface area contributed by atoms with Crippen molar-refractivity contribution in [3.05, 3.63) is 53.1 Å². The van der Waals surface area contributed by atoms with Crippen molar-refractivity contribution in [1.82, 2.24) is 9.88 Å². The number of hydrogen-bond acceptors (Lipinski definition) is 5. The Balaban J connectivity index is 1.84. The van der Waals surface area contributed by atoms with Crippen molar-refractivity contribution < 1.29 is 4.79 Å². The van der Waals surface area contributed by atoms with Gasteiger partial charge in [-0.1, -0.05) is 41.1 Å². The zero-order valence-electron chi connectivity index (χ0n) is 15.6. The molecule has 0 aliphatic heterocycles. The van der Waals surface area contributed by atoms with E-state index in [0.29, 0.717) is 17.3 Å². The number of amides is 1. The van der Waals surface area contributed by atoms with Gasteiger partial charge in [0.05, 0.1) is 16.0 Å². The summed E-state index contributed by atoms with van der Waals surface area (Å²) in [6, 6.07) is 13.8. The fraction of sp³-hybridized carbons (Fsp3) is 0.300. The van der Waals surface area contributed by atoms with Gasteiger partial charge >= 0.3 is 0 Å². The summed E-state index contributed by atoms with van der Waals surface area (Å²) in [5, 5.41) is 1.43. The number of benzene rings is 2. The second kappa shape index (κ2) is 9.06. The van der Waals surface area contributed by atoms with Crippen LogP contribution in [-0.2, 0) is 4.79 Å². The van der Waals surface area contributed by atoms with Crippen molar-refractivity contribution in [3.63, 3.8) is 0 Å². The average Bonchev–Trinajstić information content (AvgIpc) is 3.04. The average molecular weight is 420 g/mol. The molecule has 2 aromatic carbocycles. The SMILES string of the molecule is Cc1cc(Cl)cc2sc(N(CCN(C)C)C(=O)CSc3ccccc3)nc12. The van der Waals surface area contributed by atoms with E-state index >= 15 is 0 Å². The molecule has 0 saturated carbocycles. The Kier molecular flexibility index (Phi) is 6.76. The van der Waals surface area contributed by atoms with Crippen LogP contribution in [0.5, 0.6) is 0 Å². The maximum Gasteiger partial charge on any atom is 0.239 e. The number of carbonyl (C=O) groups is 1. The first-order valence-electron chi connectivity index (χ1n) is 8.63. The zero-order valence-corrected chi connectivity index (χ0v) is 18.0. The molecular weight excluding hydrogens is 398 g/mol. The second-order valence-corrected chi connectivity index (χ2v) is 9.01. The van der Waals surface area contributed by atoms with E-state index in [-0.39, 0.29) is 5.91 Å². The molecule has 1 aromatic heterocycles. The number of carbonyl (C=O) groups excluding carboxylic acids is 1. The lowest BCUT2D eigenvalue weighted by atomic mass is 10.2. The number of anilines is 1. The number of aromatic nitrogens is 1. The molecule has 3 aromatic rings. The highest BCUT2D eigenvalue weighted by molar-refractivity contribution is 8.00. The maximum absolute atomic E-state index is 13.0. The van der Waals surface area contributed by atoms with Gasteiger partial charge in [0, 0.05) is 23.0 Å². The molecular formula is C20H22ClN3OS2. The molecule has 0 aliphatic rings. The minimum Gasteiger partial charge on any atom is -0.308 e. The van der Waals surface area contributed by atoms with Crippen LogP contribution < -0.4 is 4.90 Å². The van der Waals surface area contributed by atoms with Gasteiger partial charge in [-0.2, -0.15) is 0 Å². The van der Waals surface area contributed by atoms with E-state index in [9.17, 15) is 4.79 Å². The van der Waals surface area contributed by atoms with Crippen molar-refractivity contribution in [2.75, 3.05) is 37.8 Å². The molecule has 0 bridgehead atoms. The van der Waals surface area contributed by atoms with Crippen molar-refractivity contribution in [1.29, 1.82) is 0 Å². The van der Waals surface area contributed by atoms with Crippen molar-refractivity contribution >= 4 is 56.0 Å². The van der Waals surface area contributed by atoms with Gasteiger partial charge in [0.15, 0.2) is 5.13 Å². The molecule has 1 amide bonds. The van der Waals surface area contributed by atoms with Crippen LogP contribution in [0, 0.1) is 6.92 Å². The first kappa shape index (κ1) is 20.1. The molecule has 0 unspecified atom stereocenters. The zero-order chi connectivity index (χ0) is 19.4. The highest BCUT2D eigenvalue weighted by atomic mass is 35.5. The number of likely N-dealkylation sites (N-methyl/N-ethyl adjacent to an activating group) is 1. The first-order chi connectivity index (χ1) is 12.9. The van der Waals surface area contributed by atoms with Crippen LogP contribution in [0.3, 0.4) is 0 Å². The second-order valence-electron chi connectivity index (χ2n) is 6.52. The van der Waals surface area contributed by atoms with Crippen molar-refractivity contribution in [2.24, 2.45) is 0 Å². The first-order valence-corrected chi connectivity index (χ1v) is 10.8. The van der Waals surface area contributed by atoms with Gasteiger partial charge in [-0.25, -0.2) is 4.98 Å². The van der Waals surface area contributed by atoms with Gasteiger partial charge < -0.3 is 4.90 Å². The third-order valence-electron chi connectivity index (χ3n) is 4.05. The predicted molar refractivity (Wildman–Crippen MR) is 117 cm³/mol. The summed E-state index contributed by atoms with van der Waals surface area (Å²) < 4.78 is 1.01. The van der Waals surface area contributed by atoms with E-state index in [1.165, 1.54) is 11.3 Å². The van der Waals surface area contributed by atoms with Crippen molar-refractivity contribution in [2.45, 2.75) is 11.8 Å². The number of fused-ring (bicyclic) bond motifs is 1. The van der Waals surface area contributed by atoms with E-state index in [0.717, 1.165) is 32.4 Å². The summed E-state index contributed by atoms with van der Waals surface area (Å²) >= 11 is 9.25. The molecule has 0 N–H and O–H groups in total. The molecule has 1 heterocycles. The lowest BCUT2D eigenvalue weighted by molar-refractivity contribution is -0.116. The standard InChI is InChI=1S/C20H22ClN3OS2/c1-14-11-15(21)12-17-19(14)22-20(27-17)24(10-9-23(2)3)18(25)13-26-16-7-5-4-6-8-16/h4-8,11-12H,9-10,13H2,1-3H3. The normalized spacial score (nSPS) is 11.3. The maximum atomic E-state index is 13.0. The fourth-order valence-corrected chi connectivity index (χ4v) is 4.88. The summed E-state index contributed by atoms with van der Waals surface area (Å²) in [7, 11) is 4.01. The summed E-state index contributed by atoms with van der Waals surface area (Å²) in [4.78, 5) is 22.7. The van der Waals surface area contributed by atoms with Crippen LogP contribution >= 0.6 is 34.7 Å². The largest absolute Gasteiger partial charge is 0.308 e. The lowest BCUT2D eigenvalue weighted by Gasteiger charge is -2.21. The lowest BCUT2D eigenvalue weighted by Crippen LogP contribution is -2.37. The summed E-state index contributed by atoms with van der Waals surface area (Å²) in [6.07, 6.45) is 0. The van der Waals surface area contributed by atoms with Gasteiger partial charge in [-0.3, -0.25) is 9.69 Å². The molecule has 0 atom stereocenters. The molecule has 0 spiro atoms. The molecule has 0 saturated heterocycles. The number of hydrogen-bond donors (Lipinski definition) is 0. The van der Waals surface area contributed by atoms with Gasteiger partial charge in [0.2, 0.25) is 5.91 Å². The molecule has 0 aliphatic carbocycles. The Morgan fingerprint density at radius 2 is 1.93 bits per heavy atom. The molecule has 4 nitrogen and oxygen atoms in total. The molecule has 7 heteroatoms. The van der Waals surface area contributed by atoms with Crippen LogP contribution in [0.25, 0.3) is 10.2 Å². The van der Waals surface area contributed by atoms with Gasteiger partial charge in [0.1, 0.15) is 0 Å². The van der Waals surface area contributed by atoms with Gasteiger partial charge in [-0.15, -0.1) is 11.8 Å². The van der Waals surface area contributed by atoms with E-state index in [2.05, 4.69) is 4.90 Å². The number of thiazole rings is 1. The number of nitrogens with zero attached hydrogens (tertiary/aromatic N) is 3. The van der Waals surface area contributed by atoms with Crippen LogP contribution in [0.2, 0.25) is 5.02 Å². The minimum absolute atomic E-state index is 0.0634. The van der Waals surface area contributed by atoms with Crippen LogP contribution in [-0.4, -0.2) is 48.7 Å². The van der Waals surface area contributed by atoms with E-state index < -0.39 is 0 Å². The number of rotatable bonds is 7. The van der Waals surface area contributed by atoms with Crippen LogP contribution in [0.15, 0.2) is 47.4 Å². The number of thioether (sulfide) groups is 1. The Morgan fingerprint density at radius 1 is 1.19 bits per heavy atom. The Morgan fingerprint density at radius 3 is 2.63 bits per heavy atom. The topological polar surface area (TPSA) is 36.4 Å². The smallest absolute Gasteiger partial charge is 0.239 e. The fourth-order valence-electron chi connectivity index (χ4n) is 2.62. The molecule has 27 heavy (non-hydrogen) atoms. The Hall–Kier alpha value is -1.60. The van der Waals surface area contributed by atoms with Crippen LogP contribution in [0.4, 0.5) is 5.13 Å². The highest BCUT2D eigenvalue weighted by Gasteiger charge is 2.20. The number of halogens is 1. The van der Waals surface area contributed by atoms with Crippen LogP contribution in [0.1, 0.15) is 5.56 Å². The van der Waals surface area contributed by atoms with Gasteiger partial charge in [0.25, 0.3) is 0 Å². The quantitative estimate of drug-likeness (QED) is 0.508. The third-order valence-corrected chi connectivity index (χ3v) is 6.29.